The van der Waals surface area contributed by atoms with E-state index in [0.717, 1.165) is 18.9 Å². The summed E-state index contributed by atoms with van der Waals surface area (Å²) in [6, 6.07) is -0.669. The Hall–Kier alpha value is -1.89. The zero-order valence-corrected chi connectivity index (χ0v) is 11.3. The van der Waals surface area contributed by atoms with Crippen LogP contribution in [0, 0.1) is 0 Å². The van der Waals surface area contributed by atoms with Gasteiger partial charge in [-0.25, -0.2) is 9.59 Å². The summed E-state index contributed by atoms with van der Waals surface area (Å²) < 4.78 is 5.60. The van der Waals surface area contributed by atoms with Gasteiger partial charge in [-0.1, -0.05) is 19.3 Å². The zero-order chi connectivity index (χ0) is 14.8. The van der Waals surface area contributed by atoms with Crippen LogP contribution in [-0.4, -0.2) is 42.3 Å². The number of ether oxygens (including phenoxy) is 1. The lowest BCUT2D eigenvalue weighted by Crippen LogP contribution is -2.40. The molecule has 1 rings (SSSR count). The van der Waals surface area contributed by atoms with E-state index in [9.17, 15) is 14.4 Å². The van der Waals surface area contributed by atoms with Crippen molar-refractivity contribution in [2.24, 2.45) is 0 Å². The molecule has 3 N–H and O–H groups in total. The first kappa shape index (κ1) is 16.2. The summed E-state index contributed by atoms with van der Waals surface area (Å²) in [4.78, 5) is 32.5. The Morgan fingerprint density at radius 3 is 2.50 bits per heavy atom. The van der Waals surface area contributed by atoms with Crippen molar-refractivity contribution in [3.05, 3.63) is 12.2 Å². The van der Waals surface area contributed by atoms with E-state index in [-0.39, 0.29) is 6.10 Å². The summed E-state index contributed by atoms with van der Waals surface area (Å²) >= 11 is 0. The smallest absolute Gasteiger partial charge is 0.328 e. The molecule has 0 spiro atoms. The molecular weight excluding hydrogens is 264 g/mol. The molecule has 0 radical (unpaired) electrons. The van der Waals surface area contributed by atoms with Gasteiger partial charge in [-0.2, -0.15) is 0 Å². The number of rotatable bonds is 6. The van der Waals surface area contributed by atoms with Crippen LogP contribution >= 0.6 is 0 Å². The van der Waals surface area contributed by atoms with Gasteiger partial charge < -0.3 is 15.2 Å². The van der Waals surface area contributed by atoms with Crippen LogP contribution in [0.2, 0.25) is 0 Å². The lowest BCUT2D eigenvalue weighted by atomic mass is 9.98. The maximum atomic E-state index is 11.3. The number of carboxylic acids is 1. The summed E-state index contributed by atoms with van der Waals surface area (Å²) in [5.74, 6) is -2.03. The molecule has 0 aromatic carbocycles. The van der Waals surface area contributed by atoms with Gasteiger partial charge in [0.1, 0.15) is 0 Å². The number of aliphatic carboxylic acids is 1. The van der Waals surface area contributed by atoms with Gasteiger partial charge in [-0.15, -0.1) is 0 Å². The van der Waals surface area contributed by atoms with Gasteiger partial charge in [-0.3, -0.25) is 10.1 Å². The fourth-order valence-electron chi connectivity index (χ4n) is 1.97. The van der Waals surface area contributed by atoms with E-state index in [4.69, 9.17) is 9.84 Å². The average Bonchev–Trinajstić information content (AvgIpc) is 2.42. The quantitative estimate of drug-likeness (QED) is 0.494. The minimum absolute atomic E-state index is 0.272. The predicted octanol–water partition coefficient (Wildman–Crippen LogP) is 0.802. The number of hydrogen-bond donors (Lipinski definition) is 3. The predicted molar refractivity (Wildman–Crippen MR) is 71.1 cm³/mol. The van der Waals surface area contributed by atoms with Crippen molar-refractivity contribution in [2.75, 3.05) is 13.2 Å². The highest BCUT2D eigenvalue weighted by atomic mass is 16.5. The highest BCUT2D eigenvalue weighted by Gasteiger charge is 2.13. The molecule has 0 saturated heterocycles. The average molecular weight is 284 g/mol. The summed E-state index contributed by atoms with van der Waals surface area (Å²) in [6.45, 7) is 0.704. The van der Waals surface area contributed by atoms with Gasteiger partial charge in [0.15, 0.2) is 0 Å². The van der Waals surface area contributed by atoms with Crippen LogP contribution in [0.25, 0.3) is 0 Å². The van der Waals surface area contributed by atoms with Gasteiger partial charge in [-0.05, 0) is 12.8 Å². The second-order valence-corrected chi connectivity index (χ2v) is 4.55. The highest BCUT2D eigenvalue weighted by Crippen LogP contribution is 2.19. The van der Waals surface area contributed by atoms with Crippen molar-refractivity contribution in [2.45, 2.75) is 38.2 Å². The number of carbonyl (C=O) groups is 3. The first-order valence-corrected chi connectivity index (χ1v) is 6.69. The Bertz CT molecular complexity index is 375. The highest BCUT2D eigenvalue weighted by molar-refractivity contribution is 6.02. The molecule has 0 bridgehead atoms. The number of urea groups is 1. The number of carbonyl (C=O) groups excluding carboxylic acids is 2. The van der Waals surface area contributed by atoms with Gasteiger partial charge in [0.25, 0.3) is 5.91 Å². The van der Waals surface area contributed by atoms with E-state index in [0.29, 0.717) is 19.2 Å². The van der Waals surface area contributed by atoms with Crippen molar-refractivity contribution < 1.29 is 24.2 Å². The summed E-state index contributed by atoms with van der Waals surface area (Å²) in [6.07, 6.45) is 7.46. The SMILES string of the molecule is O=C(O)C=CC(=O)NC(=O)NCCOC1CCCCC1. The molecule has 0 heterocycles. The van der Waals surface area contributed by atoms with E-state index in [1.807, 2.05) is 5.32 Å². The Labute approximate surface area is 117 Å². The minimum atomic E-state index is -1.25. The van der Waals surface area contributed by atoms with E-state index >= 15 is 0 Å². The molecule has 112 valence electrons. The van der Waals surface area contributed by atoms with Crippen molar-refractivity contribution in [3.63, 3.8) is 0 Å². The first-order valence-electron chi connectivity index (χ1n) is 6.69. The number of nitrogens with one attached hydrogen (secondary N) is 2. The van der Waals surface area contributed by atoms with Gasteiger partial charge in [0, 0.05) is 18.7 Å². The fraction of sp³-hybridized carbons (Fsp3) is 0.615. The maximum Gasteiger partial charge on any atom is 0.328 e. The molecule has 1 aliphatic rings. The van der Waals surface area contributed by atoms with Crippen LogP contribution < -0.4 is 10.6 Å². The molecule has 0 atom stereocenters. The number of amides is 3. The normalized spacial score (nSPS) is 16.0. The van der Waals surface area contributed by atoms with Crippen molar-refractivity contribution >= 4 is 17.9 Å². The summed E-state index contributed by atoms with van der Waals surface area (Å²) in [5, 5.41) is 12.8. The molecule has 1 fully saturated rings. The Balaban J connectivity index is 2.07. The Morgan fingerprint density at radius 2 is 1.85 bits per heavy atom. The number of hydrogen-bond acceptors (Lipinski definition) is 4. The van der Waals surface area contributed by atoms with E-state index in [1.165, 1.54) is 19.3 Å². The molecule has 0 unspecified atom stereocenters. The standard InChI is InChI=1S/C13H20N2O5/c16-11(6-7-12(17)18)15-13(19)14-8-9-20-10-4-2-1-3-5-10/h6-7,10H,1-5,8-9H2,(H,17,18)(H2,14,15,16,19). The second-order valence-electron chi connectivity index (χ2n) is 4.55. The molecule has 3 amide bonds. The topological polar surface area (TPSA) is 105 Å². The summed E-state index contributed by atoms with van der Waals surface area (Å²) in [5.41, 5.74) is 0. The molecule has 7 nitrogen and oxygen atoms in total. The van der Waals surface area contributed by atoms with Crippen LogP contribution in [0.15, 0.2) is 12.2 Å². The first-order chi connectivity index (χ1) is 9.58. The van der Waals surface area contributed by atoms with Gasteiger partial charge in [0.05, 0.1) is 12.7 Å². The molecule has 20 heavy (non-hydrogen) atoms. The zero-order valence-electron chi connectivity index (χ0n) is 11.3. The van der Waals surface area contributed by atoms with Gasteiger partial charge in [0.2, 0.25) is 0 Å². The molecule has 1 saturated carbocycles. The summed E-state index contributed by atoms with van der Waals surface area (Å²) in [7, 11) is 0. The minimum Gasteiger partial charge on any atom is -0.478 e. The van der Waals surface area contributed by atoms with Crippen molar-refractivity contribution in [3.8, 4) is 0 Å². The largest absolute Gasteiger partial charge is 0.478 e. The Morgan fingerprint density at radius 1 is 1.15 bits per heavy atom. The number of imide groups is 1. The van der Waals surface area contributed by atoms with Crippen LogP contribution in [-0.2, 0) is 14.3 Å². The fourth-order valence-corrected chi connectivity index (χ4v) is 1.97. The number of carboxylic acid groups (broad SMARTS) is 1. The van der Waals surface area contributed by atoms with E-state index in [1.54, 1.807) is 0 Å². The second kappa shape index (κ2) is 9.08. The van der Waals surface area contributed by atoms with Crippen LogP contribution in [0.1, 0.15) is 32.1 Å². The molecule has 0 aromatic heterocycles. The molecule has 1 aliphatic carbocycles. The third-order valence-corrected chi connectivity index (χ3v) is 2.91. The van der Waals surface area contributed by atoms with Crippen LogP contribution in [0.5, 0.6) is 0 Å². The Kier molecular flexibility index (Phi) is 7.34. The van der Waals surface area contributed by atoms with E-state index < -0.39 is 17.9 Å². The third-order valence-electron chi connectivity index (χ3n) is 2.91. The van der Waals surface area contributed by atoms with Crippen molar-refractivity contribution in [1.82, 2.24) is 10.6 Å². The monoisotopic (exact) mass is 284 g/mol. The molecule has 7 heteroatoms. The van der Waals surface area contributed by atoms with E-state index in [2.05, 4.69) is 5.32 Å². The van der Waals surface area contributed by atoms with Crippen LogP contribution in [0.3, 0.4) is 0 Å². The molecule has 0 aromatic rings. The lowest BCUT2D eigenvalue weighted by Gasteiger charge is -2.21. The lowest BCUT2D eigenvalue weighted by molar-refractivity contribution is -0.131. The van der Waals surface area contributed by atoms with Gasteiger partial charge >= 0.3 is 12.0 Å². The van der Waals surface area contributed by atoms with Crippen LogP contribution in [0.4, 0.5) is 4.79 Å². The third kappa shape index (κ3) is 7.52. The maximum absolute atomic E-state index is 11.3. The molecular formula is C13H20N2O5. The van der Waals surface area contributed by atoms with Crippen molar-refractivity contribution in [1.29, 1.82) is 0 Å². The molecule has 0 aliphatic heterocycles.